The van der Waals surface area contributed by atoms with E-state index < -0.39 is 21.7 Å². The second kappa shape index (κ2) is 3.82. The van der Waals surface area contributed by atoms with E-state index in [-0.39, 0.29) is 9.92 Å². The Kier molecular flexibility index (Phi) is 2.97. The number of nitro groups is 1. The van der Waals surface area contributed by atoms with Crippen LogP contribution >= 0.6 is 11.6 Å². The van der Waals surface area contributed by atoms with Crippen LogP contribution in [0.2, 0.25) is 5.02 Å². The zero-order chi connectivity index (χ0) is 10.0. The third kappa shape index (κ3) is 2.24. The Hall–Kier alpha value is -0.980. The summed E-state index contributed by atoms with van der Waals surface area (Å²) in [6.07, 6.45) is 0. The first-order valence-corrected chi connectivity index (χ1v) is 4.51. The van der Waals surface area contributed by atoms with E-state index in [1.165, 1.54) is 6.07 Å². The Morgan fingerprint density at radius 3 is 2.54 bits per heavy atom. The lowest BCUT2D eigenvalue weighted by Gasteiger charge is -2.05. The fraction of sp³-hybridized carbons (Fsp3) is 0. The number of rotatable bonds is 2. The maximum absolute atomic E-state index is 10.5. The minimum absolute atomic E-state index is 0.126. The summed E-state index contributed by atoms with van der Waals surface area (Å²) in [4.78, 5) is 9.19. The average Bonchev–Trinajstić information content (AvgIpc) is 2.03. The van der Waals surface area contributed by atoms with Crippen LogP contribution in [0.1, 0.15) is 0 Å². The van der Waals surface area contributed by atoms with Gasteiger partial charge in [-0.25, -0.2) is 0 Å². The van der Waals surface area contributed by atoms with Crippen molar-refractivity contribution in [1.29, 1.82) is 0 Å². The van der Waals surface area contributed by atoms with Crippen LogP contribution in [0, 0.1) is 10.1 Å². The summed E-state index contributed by atoms with van der Waals surface area (Å²) in [6, 6.07) is 3.36. The van der Waals surface area contributed by atoms with Gasteiger partial charge in [-0.1, -0.05) is 11.6 Å². The number of hydrogen-bond donors (Lipinski definition) is 0. The van der Waals surface area contributed by atoms with E-state index in [1.807, 2.05) is 0 Å². The predicted molar refractivity (Wildman–Crippen MR) is 45.3 cm³/mol. The first-order valence-electron chi connectivity index (χ1n) is 3.05. The Balaban J connectivity index is 3.35. The van der Waals surface area contributed by atoms with Gasteiger partial charge in [-0.05, 0) is 23.2 Å². The molecule has 1 aromatic carbocycles. The molecule has 0 aliphatic carbocycles. The van der Waals surface area contributed by atoms with Gasteiger partial charge in [0, 0.05) is 11.1 Å². The second-order valence-electron chi connectivity index (χ2n) is 2.10. The van der Waals surface area contributed by atoms with Gasteiger partial charge in [0.2, 0.25) is 0 Å². The van der Waals surface area contributed by atoms with E-state index in [1.54, 1.807) is 0 Å². The van der Waals surface area contributed by atoms with Gasteiger partial charge in [0.25, 0.3) is 5.69 Å². The minimum Gasteiger partial charge on any atom is -0.768 e. The lowest BCUT2D eigenvalue weighted by atomic mass is 10.3. The Bertz CT molecular complexity index is 381. The molecule has 0 aliphatic heterocycles. The predicted octanol–water partition coefficient (Wildman–Crippen LogP) is 1.49. The molecule has 0 aromatic heterocycles. The van der Waals surface area contributed by atoms with Gasteiger partial charge in [0.15, 0.2) is 0 Å². The molecule has 0 saturated heterocycles. The largest absolute Gasteiger partial charge is 0.768 e. The highest BCUT2D eigenvalue weighted by Gasteiger charge is 2.14. The first kappa shape index (κ1) is 10.1. The summed E-state index contributed by atoms with van der Waals surface area (Å²) in [5, 5.41) is 10.5. The molecule has 13 heavy (non-hydrogen) atoms. The fourth-order valence-corrected chi connectivity index (χ4v) is 1.42. The number of halogens is 1. The van der Waals surface area contributed by atoms with Crippen molar-refractivity contribution in [2.24, 2.45) is 0 Å². The van der Waals surface area contributed by atoms with Crippen LogP contribution in [0.3, 0.4) is 0 Å². The molecular weight excluding hydrogens is 218 g/mol. The number of hydrogen-bond acceptors (Lipinski definition) is 4. The molecule has 1 atom stereocenters. The van der Waals surface area contributed by atoms with E-state index >= 15 is 0 Å². The van der Waals surface area contributed by atoms with Crippen LogP contribution in [0.15, 0.2) is 23.1 Å². The normalized spacial score (nSPS) is 12.5. The zero-order valence-corrected chi connectivity index (χ0v) is 7.67. The lowest BCUT2D eigenvalue weighted by molar-refractivity contribution is -0.387. The molecule has 0 saturated carbocycles. The summed E-state index contributed by atoms with van der Waals surface area (Å²) in [6.45, 7) is 0. The van der Waals surface area contributed by atoms with E-state index in [2.05, 4.69) is 0 Å². The van der Waals surface area contributed by atoms with Gasteiger partial charge in [-0.3, -0.25) is 14.3 Å². The van der Waals surface area contributed by atoms with Gasteiger partial charge in [0.05, 0.1) is 4.92 Å². The summed E-state index contributed by atoms with van der Waals surface area (Å²) in [7, 11) is 0. The molecule has 0 N–H and O–H groups in total. The van der Waals surface area contributed by atoms with Crippen molar-refractivity contribution in [2.75, 3.05) is 0 Å². The molecule has 1 aromatic rings. The molecule has 0 bridgehead atoms. The van der Waals surface area contributed by atoms with Gasteiger partial charge in [-0.2, -0.15) is 0 Å². The van der Waals surface area contributed by atoms with E-state index in [0.717, 1.165) is 12.1 Å². The van der Waals surface area contributed by atoms with Crippen molar-refractivity contribution in [2.45, 2.75) is 4.90 Å². The maximum Gasteiger partial charge on any atom is 0.285 e. The van der Waals surface area contributed by atoms with Crippen molar-refractivity contribution in [3.8, 4) is 0 Å². The highest BCUT2D eigenvalue weighted by molar-refractivity contribution is 7.79. The maximum atomic E-state index is 10.5. The van der Waals surface area contributed by atoms with Crippen LogP contribution in [0.5, 0.6) is 0 Å². The van der Waals surface area contributed by atoms with Crippen molar-refractivity contribution >= 4 is 28.4 Å². The molecule has 5 nitrogen and oxygen atoms in total. The highest BCUT2D eigenvalue weighted by atomic mass is 35.5. The summed E-state index contributed by atoms with van der Waals surface area (Å²) in [5.74, 6) is 0. The molecule has 0 spiro atoms. The van der Waals surface area contributed by atoms with Crippen LogP contribution in [0.4, 0.5) is 5.69 Å². The van der Waals surface area contributed by atoms with Crippen LogP contribution in [-0.2, 0) is 11.1 Å². The topological polar surface area (TPSA) is 83.3 Å². The van der Waals surface area contributed by atoms with Gasteiger partial charge in [-0.15, -0.1) is 0 Å². The SMILES string of the molecule is O=[N+]([O-])c1cc(Cl)ccc1S(=O)[O-]. The quantitative estimate of drug-likeness (QED) is 0.429. The fourth-order valence-electron chi connectivity index (χ4n) is 0.774. The second-order valence-corrected chi connectivity index (χ2v) is 3.45. The molecule has 0 fully saturated rings. The number of nitro benzene ring substituents is 1. The van der Waals surface area contributed by atoms with Gasteiger partial charge in [0.1, 0.15) is 4.90 Å². The highest BCUT2D eigenvalue weighted by Crippen LogP contribution is 2.24. The van der Waals surface area contributed by atoms with Gasteiger partial charge < -0.3 is 4.55 Å². The van der Waals surface area contributed by atoms with Crippen molar-refractivity contribution in [1.82, 2.24) is 0 Å². The zero-order valence-electron chi connectivity index (χ0n) is 6.10. The minimum atomic E-state index is -2.62. The first-order chi connectivity index (χ1) is 6.02. The molecular formula is C6H3ClNO4S-. The third-order valence-corrected chi connectivity index (χ3v) is 2.24. The van der Waals surface area contributed by atoms with E-state index in [9.17, 15) is 18.9 Å². The van der Waals surface area contributed by atoms with E-state index in [0.29, 0.717) is 0 Å². The summed E-state index contributed by atoms with van der Waals surface area (Å²) < 4.78 is 21.0. The Morgan fingerprint density at radius 2 is 2.08 bits per heavy atom. The monoisotopic (exact) mass is 220 g/mol. The molecule has 70 valence electrons. The molecule has 7 heteroatoms. The molecule has 0 radical (unpaired) electrons. The van der Waals surface area contributed by atoms with Gasteiger partial charge >= 0.3 is 0 Å². The third-order valence-electron chi connectivity index (χ3n) is 1.30. The molecule has 0 amide bonds. The summed E-state index contributed by atoms with van der Waals surface area (Å²) >= 11 is 2.84. The molecule has 1 rings (SSSR count). The van der Waals surface area contributed by atoms with Crippen molar-refractivity contribution in [3.63, 3.8) is 0 Å². The van der Waals surface area contributed by atoms with E-state index in [4.69, 9.17) is 11.6 Å². The van der Waals surface area contributed by atoms with Crippen LogP contribution in [-0.4, -0.2) is 13.7 Å². The van der Waals surface area contributed by atoms with Crippen LogP contribution < -0.4 is 0 Å². The number of benzene rings is 1. The molecule has 0 heterocycles. The van der Waals surface area contributed by atoms with Crippen molar-refractivity contribution < 1.29 is 13.7 Å². The smallest absolute Gasteiger partial charge is 0.285 e. The standard InChI is InChI=1S/C6H4ClNO4S/c7-4-1-2-6(13(11)12)5(3-4)8(9)10/h1-3H,(H,11,12)/p-1. The Labute approximate surface area is 80.8 Å². The number of nitrogens with zero attached hydrogens (tertiary/aromatic N) is 1. The van der Waals surface area contributed by atoms with Crippen LogP contribution in [0.25, 0.3) is 0 Å². The summed E-state index contributed by atoms with van der Waals surface area (Å²) in [5.41, 5.74) is -0.513. The average molecular weight is 221 g/mol. The lowest BCUT2D eigenvalue weighted by Crippen LogP contribution is -1.97. The van der Waals surface area contributed by atoms with Crippen molar-refractivity contribution in [3.05, 3.63) is 33.3 Å². The molecule has 0 aliphatic rings. The Morgan fingerprint density at radius 1 is 1.46 bits per heavy atom. The molecule has 1 unspecified atom stereocenters.